The molecule has 0 amide bonds. The summed E-state index contributed by atoms with van der Waals surface area (Å²) in [6.45, 7) is 4.03. The number of carboxylic acids is 2. The van der Waals surface area contributed by atoms with E-state index in [4.69, 9.17) is 5.11 Å². The number of hydrogen-bond donors (Lipinski definition) is 3. The summed E-state index contributed by atoms with van der Waals surface area (Å²) in [5.41, 5.74) is 1.04. The molecule has 2 rings (SSSR count). The van der Waals surface area contributed by atoms with Crippen molar-refractivity contribution < 1.29 is 24.9 Å². The zero-order valence-electron chi connectivity index (χ0n) is 11.5. The molecule has 0 saturated heterocycles. The fourth-order valence-corrected chi connectivity index (χ4v) is 3.06. The number of hydrogen-bond acceptors (Lipinski definition) is 3. The van der Waals surface area contributed by atoms with E-state index in [9.17, 15) is 19.8 Å². The fourth-order valence-electron chi connectivity index (χ4n) is 3.06. The lowest BCUT2D eigenvalue weighted by atomic mass is 9.71. The number of rotatable bonds is 3. The summed E-state index contributed by atoms with van der Waals surface area (Å²) < 4.78 is 0. The van der Waals surface area contributed by atoms with Crippen LogP contribution in [0.15, 0.2) is 12.1 Å². The molecule has 1 aliphatic rings. The average molecular weight is 278 g/mol. The van der Waals surface area contributed by atoms with Crippen molar-refractivity contribution in [2.75, 3.05) is 0 Å². The van der Waals surface area contributed by atoms with Crippen molar-refractivity contribution in [3.05, 3.63) is 28.8 Å². The molecular formula is C15H18O5. The molecule has 0 bridgehead atoms. The van der Waals surface area contributed by atoms with Gasteiger partial charge in [-0.15, -0.1) is 0 Å². The van der Waals surface area contributed by atoms with E-state index in [-0.39, 0.29) is 23.1 Å². The number of phenols is 1. The van der Waals surface area contributed by atoms with Crippen molar-refractivity contribution in [1.29, 1.82) is 0 Å². The van der Waals surface area contributed by atoms with Gasteiger partial charge < -0.3 is 15.3 Å². The summed E-state index contributed by atoms with van der Waals surface area (Å²) in [6.07, 6.45) is 1.15. The molecule has 108 valence electrons. The fraction of sp³-hybridized carbons (Fsp3) is 0.467. The Bertz CT molecular complexity index is 562. The highest BCUT2D eigenvalue weighted by atomic mass is 16.4. The van der Waals surface area contributed by atoms with Gasteiger partial charge in [-0.3, -0.25) is 4.79 Å². The third-order valence-electron chi connectivity index (χ3n) is 4.05. The van der Waals surface area contributed by atoms with Crippen LogP contribution in [0.4, 0.5) is 0 Å². The van der Waals surface area contributed by atoms with E-state index in [0.29, 0.717) is 24.0 Å². The molecule has 1 aromatic rings. The van der Waals surface area contributed by atoms with Gasteiger partial charge in [0.25, 0.3) is 0 Å². The summed E-state index contributed by atoms with van der Waals surface area (Å²) in [4.78, 5) is 22.4. The van der Waals surface area contributed by atoms with Crippen LogP contribution >= 0.6 is 0 Å². The summed E-state index contributed by atoms with van der Waals surface area (Å²) in [5, 5.41) is 28.4. The second-order valence-corrected chi connectivity index (χ2v) is 5.62. The Labute approximate surface area is 116 Å². The lowest BCUT2D eigenvalue weighted by Crippen LogP contribution is -2.24. The van der Waals surface area contributed by atoms with Crippen molar-refractivity contribution in [1.82, 2.24) is 0 Å². The monoisotopic (exact) mass is 278 g/mol. The molecule has 0 aromatic heterocycles. The second-order valence-electron chi connectivity index (χ2n) is 5.62. The van der Waals surface area contributed by atoms with E-state index in [1.54, 1.807) is 0 Å². The zero-order valence-corrected chi connectivity index (χ0v) is 11.5. The topological polar surface area (TPSA) is 94.8 Å². The van der Waals surface area contributed by atoms with Gasteiger partial charge in [0, 0.05) is 5.56 Å². The van der Waals surface area contributed by atoms with E-state index in [2.05, 4.69) is 0 Å². The van der Waals surface area contributed by atoms with E-state index >= 15 is 0 Å². The maximum atomic E-state index is 11.3. The van der Waals surface area contributed by atoms with E-state index in [1.165, 1.54) is 6.07 Å². The van der Waals surface area contributed by atoms with Crippen molar-refractivity contribution in [2.45, 2.75) is 38.5 Å². The minimum atomic E-state index is -1.12. The Balaban J connectivity index is 2.65. The molecule has 3 N–H and O–H groups in total. The third-order valence-corrected chi connectivity index (χ3v) is 4.05. The molecule has 5 heteroatoms. The molecule has 5 nitrogen and oxygen atoms in total. The van der Waals surface area contributed by atoms with E-state index in [0.717, 1.165) is 6.07 Å². The number of carboxylic acid groups (broad SMARTS) is 2. The number of fused-ring (bicyclic) bond motifs is 1. The molecule has 0 heterocycles. The molecule has 20 heavy (non-hydrogen) atoms. The Morgan fingerprint density at radius 3 is 2.35 bits per heavy atom. The quantitative estimate of drug-likeness (QED) is 0.790. The molecule has 1 aromatic carbocycles. The van der Waals surface area contributed by atoms with Crippen LogP contribution in [-0.4, -0.2) is 27.3 Å². The van der Waals surface area contributed by atoms with Crippen LogP contribution < -0.4 is 0 Å². The molecule has 0 aliphatic heterocycles. The van der Waals surface area contributed by atoms with Crippen LogP contribution in [0.3, 0.4) is 0 Å². The summed E-state index contributed by atoms with van der Waals surface area (Å²) in [7, 11) is 0. The number of aliphatic carboxylic acids is 1. The molecule has 0 unspecified atom stereocenters. The van der Waals surface area contributed by atoms with Gasteiger partial charge in [0.2, 0.25) is 0 Å². The Kier molecular flexibility index (Phi) is 3.70. The molecule has 0 fully saturated rings. The number of aromatic carboxylic acids is 1. The number of carbonyl (C=O) groups is 2. The first-order chi connectivity index (χ1) is 9.32. The summed E-state index contributed by atoms with van der Waals surface area (Å²) in [5.74, 6) is -2.76. The van der Waals surface area contributed by atoms with Gasteiger partial charge in [-0.25, -0.2) is 4.79 Å². The van der Waals surface area contributed by atoms with Crippen LogP contribution in [0, 0.1) is 5.92 Å². The van der Waals surface area contributed by atoms with Crippen molar-refractivity contribution in [2.24, 2.45) is 5.92 Å². The Morgan fingerprint density at radius 2 is 1.85 bits per heavy atom. The first-order valence-electron chi connectivity index (χ1n) is 6.65. The zero-order chi connectivity index (χ0) is 15.0. The van der Waals surface area contributed by atoms with Gasteiger partial charge in [0.1, 0.15) is 5.75 Å². The highest BCUT2D eigenvalue weighted by Crippen LogP contribution is 2.46. The van der Waals surface area contributed by atoms with Crippen LogP contribution in [0.5, 0.6) is 5.75 Å². The number of benzene rings is 1. The maximum absolute atomic E-state index is 11.3. The summed E-state index contributed by atoms with van der Waals surface area (Å²) in [6, 6.07) is 2.65. The lowest BCUT2D eigenvalue weighted by Gasteiger charge is -2.32. The SMILES string of the molecule is CC(C)[C@H]1CC[C@@H](C(=O)O)c2c(O)cc(C(=O)O)cc21. The standard InChI is InChI=1S/C15H18O5/c1-7(2)9-3-4-10(15(19)20)13-11(9)5-8(14(17)18)6-12(13)16/h5-7,9-10,16H,3-4H2,1-2H3,(H,17,18)(H,19,20)/t9-,10-/m1/s1. The molecule has 1 aliphatic carbocycles. The molecular weight excluding hydrogens is 260 g/mol. The van der Waals surface area contributed by atoms with Crippen LogP contribution in [-0.2, 0) is 4.79 Å². The minimum Gasteiger partial charge on any atom is -0.508 e. The molecule has 2 atom stereocenters. The van der Waals surface area contributed by atoms with Crippen molar-refractivity contribution >= 4 is 11.9 Å². The number of aromatic hydroxyl groups is 1. The molecule has 0 radical (unpaired) electrons. The smallest absolute Gasteiger partial charge is 0.335 e. The lowest BCUT2D eigenvalue weighted by molar-refractivity contribution is -0.139. The van der Waals surface area contributed by atoms with Gasteiger partial charge in [-0.1, -0.05) is 13.8 Å². The first-order valence-corrected chi connectivity index (χ1v) is 6.65. The van der Waals surface area contributed by atoms with Crippen LogP contribution in [0.25, 0.3) is 0 Å². The van der Waals surface area contributed by atoms with Gasteiger partial charge in [-0.05, 0) is 42.4 Å². The number of phenolic OH excluding ortho intramolecular Hbond substituents is 1. The highest BCUT2D eigenvalue weighted by molar-refractivity contribution is 5.89. The highest BCUT2D eigenvalue weighted by Gasteiger charge is 2.35. The van der Waals surface area contributed by atoms with Crippen LogP contribution in [0.1, 0.15) is 60.0 Å². The average Bonchev–Trinajstić information content (AvgIpc) is 2.36. The van der Waals surface area contributed by atoms with E-state index < -0.39 is 17.9 Å². The maximum Gasteiger partial charge on any atom is 0.335 e. The van der Waals surface area contributed by atoms with Crippen molar-refractivity contribution in [3.63, 3.8) is 0 Å². The minimum absolute atomic E-state index is 0.00191. The molecule has 0 spiro atoms. The van der Waals surface area contributed by atoms with Gasteiger partial charge in [0.05, 0.1) is 11.5 Å². The van der Waals surface area contributed by atoms with Crippen LogP contribution in [0.2, 0.25) is 0 Å². The molecule has 0 saturated carbocycles. The normalized spacial score (nSPS) is 21.6. The van der Waals surface area contributed by atoms with Gasteiger partial charge >= 0.3 is 11.9 Å². The first kappa shape index (κ1) is 14.4. The third kappa shape index (κ3) is 2.35. The largest absolute Gasteiger partial charge is 0.508 e. The Hall–Kier alpha value is -2.04. The summed E-state index contributed by atoms with van der Waals surface area (Å²) >= 11 is 0. The predicted molar refractivity (Wildman–Crippen MR) is 72.3 cm³/mol. The second kappa shape index (κ2) is 5.15. The van der Waals surface area contributed by atoms with Gasteiger partial charge in [-0.2, -0.15) is 0 Å². The van der Waals surface area contributed by atoms with Gasteiger partial charge in [0.15, 0.2) is 0 Å². The van der Waals surface area contributed by atoms with Crippen molar-refractivity contribution in [3.8, 4) is 5.75 Å². The predicted octanol–water partition coefficient (Wildman–Crippen LogP) is 2.79. The Morgan fingerprint density at radius 1 is 1.20 bits per heavy atom. The van der Waals surface area contributed by atoms with E-state index in [1.807, 2.05) is 13.8 Å².